The lowest BCUT2D eigenvalue weighted by Crippen LogP contribution is -2.28. The third kappa shape index (κ3) is 5.44. The zero-order valence-corrected chi connectivity index (χ0v) is 17.1. The Hall–Kier alpha value is -2.68. The lowest BCUT2D eigenvalue weighted by molar-refractivity contribution is 0.0492. The van der Waals surface area contributed by atoms with Crippen molar-refractivity contribution in [1.82, 2.24) is 24.9 Å². The third-order valence-electron chi connectivity index (χ3n) is 4.83. The number of carbonyl (C=O) groups excluding carboxylic acids is 2. The van der Waals surface area contributed by atoms with E-state index in [1.165, 1.54) is 0 Å². The van der Waals surface area contributed by atoms with E-state index in [2.05, 4.69) is 15.5 Å². The maximum absolute atomic E-state index is 12.7. The van der Waals surface area contributed by atoms with Gasteiger partial charge in [0, 0.05) is 45.1 Å². The largest absolute Gasteiger partial charge is 0.461 e. The summed E-state index contributed by atoms with van der Waals surface area (Å²) in [5, 5.41) is 11.7. The van der Waals surface area contributed by atoms with Gasteiger partial charge in [-0.3, -0.25) is 14.2 Å². The molecule has 1 N–H and O–H groups in total. The number of carbonyl (C=O) groups is 2. The summed E-state index contributed by atoms with van der Waals surface area (Å²) < 4.78 is 14.3. The van der Waals surface area contributed by atoms with Crippen molar-refractivity contribution in [3.05, 3.63) is 34.9 Å². The number of nitrogens with zero attached hydrogens (tertiary/aromatic N) is 4. The van der Waals surface area contributed by atoms with Crippen molar-refractivity contribution in [2.45, 2.75) is 45.6 Å². The number of ether oxygens (including phenoxy) is 2. The molecule has 29 heavy (non-hydrogen) atoms. The molecular formula is C20H29N5O4. The van der Waals surface area contributed by atoms with Crippen LogP contribution >= 0.6 is 0 Å². The number of aromatic nitrogens is 4. The topological polar surface area (TPSA) is 100 Å². The van der Waals surface area contributed by atoms with Crippen molar-refractivity contribution in [1.29, 1.82) is 0 Å². The van der Waals surface area contributed by atoms with Crippen molar-refractivity contribution in [3.8, 4) is 0 Å². The van der Waals surface area contributed by atoms with Crippen molar-refractivity contribution in [3.63, 3.8) is 0 Å². The Morgan fingerprint density at radius 1 is 1.31 bits per heavy atom. The summed E-state index contributed by atoms with van der Waals surface area (Å²) in [6.45, 7) is 4.80. The Morgan fingerprint density at radius 3 is 2.90 bits per heavy atom. The van der Waals surface area contributed by atoms with E-state index in [9.17, 15) is 9.59 Å². The van der Waals surface area contributed by atoms with Crippen LogP contribution in [0, 0.1) is 0 Å². The molecule has 0 saturated carbocycles. The summed E-state index contributed by atoms with van der Waals surface area (Å²) in [6, 6.07) is 1.63. The normalized spacial score (nSPS) is 15.3. The van der Waals surface area contributed by atoms with Crippen molar-refractivity contribution in [2.75, 3.05) is 26.4 Å². The molecule has 0 atom stereocenters. The van der Waals surface area contributed by atoms with Gasteiger partial charge in [-0.2, -0.15) is 10.2 Å². The van der Waals surface area contributed by atoms with Crippen molar-refractivity contribution >= 4 is 11.9 Å². The molecule has 9 heteroatoms. The standard InChI is InChI=1S/C20H29N5O4/c1-3-25-18-15(7-4-12-28-13-6-10-21-19(18)26)16(23-25)8-5-14-29-20(27)17-9-11-24(2)22-17/h9,11H,3-8,10,12-14H2,1-2H3,(H,21,26). The van der Waals surface area contributed by atoms with E-state index in [4.69, 9.17) is 9.47 Å². The molecule has 0 aliphatic carbocycles. The van der Waals surface area contributed by atoms with E-state index in [1.54, 1.807) is 28.7 Å². The third-order valence-corrected chi connectivity index (χ3v) is 4.83. The van der Waals surface area contributed by atoms with E-state index in [0.717, 1.165) is 30.5 Å². The van der Waals surface area contributed by atoms with Gasteiger partial charge in [0.25, 0.3) is 5.91 Å². The Bertz CT molecular complexity index is 842. The van der Waals surface area contributed by atoms with Gasteiger partial charge in [-0.05, 0) is 45.1 Å². The minimum Gasteiger partial charge on any atom is -0.461 e. The highest BCUT2D eigenvalue weighted by molar-refractivity contribution is 5.94. The number of amides is 1. The molecule has 0 saturated heterocycles. The molecular weight excluding hydrogens is 374 g/mol. The van der Waals surface area contributed by atoms with Gasteiger partial charge in [-0.1, -0.05) is 0 Å². The second-order valence-corrected chi connectivity index (χ2v) is 7.03. The highest BCUT2D eigenvalue weighted by atomic mass is 16.5. The predicted octanol–water partition coefficient (Wildman–Crippen LogP) is 1.51. The van der Waals surface area contributed by atoms with Gasteiger partial charge >= 0.3 is 5.97 Å². The molecule has 0 unspecified atom stereocenters. The number of nitrogens with one attached hydrogen (secondary N) is 1. The van der Waals surface area contributed by atoms with E-state index in [-0.39, 0.29) is 12.5 Å². The average molecular weight is 403 g/mol. The van der Waals surface area contributed by atoms with Crippen molar-refractivity contribution < 1.29 is 19.1 Å². The summed E-state index contributed by atoms with van der Waals surface area (Å²) in [6.07, 6.45) is 5.36. The average Bonchev–Trinajstić information content (AvgIpc) is 3.29. The van der Waals surface area contributed by atoms with Crippen LogP contribution in [0.3, 0.4) is 0 Å². The Labute approximate surface area is 170 Å². The molecule has 0 radical (unpaired) electrons. The predicted molar refractivity (Wildman–Crippen MR) is 106 cm³/mol. The fraction of sp³-hybridized carbons (Fsp3) is 0.600. The van der Waals surface area contributed by atoms with Crippen LogP contribution in [0.2, 0.25) is 0 Å². The fourth-order valence-electron chi connectivity index (χ4n) is 3.41. The van der Waals surface area contributed by atoms with E-state index < -0.39 is 5.97 Å². The molecule has 2 aromatic heterocycles. The molecule has 0 fully saturated rings. The molecule has 0 bridgehead atoms. The molecule has 158 valence electrons. The van der Waals surface area contributed by atoms with Crippen LogP contribution < -0.4 is 5.32 Å². The van der Waals surface area contributed by atoms with E-state index in [1.807, 2.05) is 6.92 Å². The van der Waals surface area contributed by atoms with Crippen molar-refractivity contribution in [2.24, 2.45) is 7.05 Å². The number of hydrogen-bond acceptors (Lipinski definition) is 6. The SMILES string of the molecule is CCn1nc(CCCOC(=O)c2ccn(C)n2)c2c1C(=O)NCCCOCCC2. The zero-order valence-electron chi connectivity index (χ0n) is 17.1. The second kappa shape index (κ2) is 10.2. The first kappa shape index (κ1) is 21.0. The van der Waals surface area contributed by atoms with Crippen LogP contribution in [-0.4, -0.2) is 57.8 Å². The minimum atomic E-state index is -0.430. The van der Waals surface area contributed by atoms with Gasteiger partial charge in [0.15, 0.2) is 5.69 Å². The summed E-state index contributed by atoms with van der Waals surface area (Å²) in [7, 11) is 1.75. The van der Waals surface area contributed by atoms with Gasteiger partial charge in [-0.25, -0.2) is 4.79 Å². The highest BCUT2D eigenvalue weighted by Crippen LogP contribution is 2.19. The number of aryl methyl sites for hydroxylation is 3. The molecule has 3 heterocycles. The maximum Gasteiger partial charge on any atom is 0.358 e. The first-order valence-corrected chi connectivity index (χ1v) is 10.2. The van der Waals surface area contributed by atoms with Gasteiger partial charge < -0.3 is 14.8 Å². The van der Waals surface area contributed by atoms with Crippen LogP contribution in [0.5, 0.6) is 0 Å². The Balaban J connectivity index is 1.65. The molecule has 3 rings (SSSR count). The van der Waals surface area contributed by atoms with Crippen LogP contribution in [-0.2, 0) is 35.9 Å². The quantitative estimate of drug-likeness (QED) is 0.580. The number of hydrogen-bond donors (Lipinski definition) is 1. The molecule has 1 aliphatic rings. The number of esters is 1. The van der Waals surface area contributed by atoms with Crippen LogP contribution in [0.15, 0.2) is 12.3 Å². The molecule has 1 amide bonds. The van der Waals surface area contributed by atoms with Gasteiger partial charge in [0.2, 0.25) is 0 Å². The highest BCUT2D eigenvalue weighted by Gasteiger charge is 2.23. The first-order chi connectivity index (χ1) is 14.1. The van der Waals surface area contributed by atoms with Crippen LogP contribution in [0.1, 0.15) is 58.4 Å². The molecule has 1 aliphatic heterocycles. The molecule has 9 nitrogen and oxygen atoms in total. The summed E-state index contributed by atoms with van der Waals surface area (Å²) in [5.41, 5.74) is 2.82. The monoisotopic (exact) mass is 403 g/mol. The molecule has 0 aromatic carbocycles. The van der Waals surface area contributed by atoms with Gasteiger partial charge in [0.05, 0.1) is 12.3 Å². The summed E-state index contributed by atoms with van der Waals surface area (Å²) in [5.74, 6) is -0.510. The smallest absolute Gasteiger partial charge is 0.358 e. The number of fused-ring (bicyclic) bond motifs is 1. The molecule has 2 aromatic rings. The second-order valence-electron chi connectivity index (χ2n) is 7.03. The Morgan fingerprint density at radius 2 is 2.14 bits per heavy atom. The zero-order chi connectivity index (χ0) is 20.6. The van der Waals surface area contributed by atoms with Crippen LogP contribution in [0.25, 0.3) is 0 Å². The van der Waals surface area contributed by atoms with Gasteiger partial charge in [-0.15, -0.1) is 0 Å². The summed E-state index contributed by atoms with van der Waals surface area (Å²) >= 11 is 0. The fourth-order valence-corrected chi connectivity index (χ4v) is 3.41. The number of rotatable bonds is 6. The van der Waals surface area contributed by atoms with E-state index in [0.29, 0.717) is 50.5 Å². The first-order valence-electron chi connectivity index (χ1n) is 10.2. The van der Waals surface area contributed by atoms with Crippen LogP contribution in [0.4, 0.5) is 0 Å². The lowest BCUT2D eigenvalue weighted by Gasteiger charge is -2.08. The maximum atomic E-state index is 12.7. The van der Waals surface area contributed by atoms with E-state index >= 15 is 0 Å². The molecule has 0 spiro atoms. The lowest BCUT2D eigenvalue weighted by atomic mass is 10.0. The van der Waals surface area contributed by atoms with Gasteiger partial charge in [0.1, 0.15) is 5.69 Å². The minimum absolute atomic E-state index is 0.0796. The summed E-state index contributed by atoms with van der Waals surface area (Å²) in [4.78, 5) is 24.7. The Kier molecular flexibility index (Phi) is 7.40.